The van der Waals surface area contributed by atoms with Crippen LogP contribution in [0.1, 0.15) is 33.6 Å². The molecule has 0 aliphatic heterocycles. The number of halogens is 1. The fourth-order valence-corrected chi connectivity index (χ4v) is 1.30. The van der Waals surface area contributed by atoms with Crippen molar-refractivity contribution >= 4 is 21.9 Å². The average molecular weight is 263 g/mol. The van der Waals surface area contributed by atoms with Crippen LogP contribution in [0.15, 0.2) is 11.6 Å². The van der Waals surface area contributed by atoms with E-state index in [-0.39, 0.29) is 5.97 Å². The molecule has 0 saturated carbocycles. The van der Waals surface area contributed by atoms with E-state index in [2.05, 4.69) is 22.9 Å². The summed E-state index contributed by atoms with van der Waals surface area (Å²) in [7, 11) is 0. The Morgan fingerprint density at radius 1 is 1.50 bits per heavy atom. The standard InChI is InChI=1S/C11H19BrO2/c1-4-5-6-10(7-12)11(13)14-8-9(2)3/h6,9H,4-5,7-8H2,1-3H3. The summed E-state index contributed by atoms with van der Waals surface area (Å²) in [6.07, 6.45) is 3.92. The largest absolute Gasteiger partial charge is 0.462 e. The van der Waals surface area contributed by atoms with E-state index in [4.69, 9.17) is 4.74 Å². The first kappa shape index (κ1) is 13.7. The third-order valence-electron chi connectivity index (χ3n) is 1.63. The normalized spacial score (nSPS) is 11.9. The van der Waals surface area contributed by atoms with Crippen molar-refractivity contribution in [3.8, 4) is 0 Å². The molecule has 14 heavy (non-hydrogen) atoms. The van der Waals surface area contributed by atoms with Gasteiger partial charge in [-0.2, -0.15) is 0 Å². The van der Waals surface area contributed by atoms with E-state index in [0.29, 0.717) is 17.9 Å². The predicted molar refractivity (Wildman–Crippen MR) is 62.6 cm³/mol. The highest BCUT2D eigenvalue weighted by Crippen LogP contribution is 2.07. The number of carbonyl (C=O) groups is 1. The summed E-state index contributed by atoms with van der Waals surface area (Å²) in [6, 6.07) is 0. The third kappa shape index (κ3) is 6.19. The number of ether oxygens (including phenoxy) is 1. The first-order valence-electron chi connectivity index (χ1n) is 5.03. The van der Waals surface area contributed by atoms with Crippen LogP contribution in [0.3, 0.4) is 0 Å². The summed E-state index contributed by atoms with van der Waals surface area (Å²) in [5, 5.41) is 0.573. The number of hydrogen-bond acceptors (Lipinski definition) is 2. The number of unbranched alkanes of at least 4 members (excludes halogenated alkanes) is 1. The smallest absolute Gasteiger partial charge is 0.334 e. The van der Waals surface area contributed by atoms with Gasteiger partial charge >= 0.3 is 5.97 Å². The minimum absolute atomic E-state index is 0.191. The maximum Gasteiger partial charge on any atom is 0.334 e. The Hall–Kier alpha value is -0.310. The molecule has 0 atom stereocenters. The predicted octanol–water partition coefficient (Wildman–Crippen LogP) is 3.31. The van der Waals surface area contributed by atoms with Crippen molar-refractivity contribution in [1.29, 1.82) is 0 Å². The lowest BCUT2D eigenvalue weighted by Gasteiger charge is -2.08. The van der Waals surface area contributed by atoms with Crippen LogP contribution in [-0.2, 0) is 9.53 Å². The minimum Gasteiger partial charge on any atom is -0.462 e. The van der Waals surface area contributed by atoms with Crippen molar-refractivity contribution in [1.82, 2.24) is 0 Å². The van der Waals surface area contributed by atoms with E-state index >= 15 is 0 Å². The van der Waals surface area contributed by atoms with Gasteiger partial charge in [0.25, 0.3) is 0 Å². The molecule has 0 unspecified atom stereocenters. The van der Waals surface area contributed by atoms with Gasteiger partial charge in [-0.25, -0.2) is 4.79 Å². The van der Waals surface area contributed by atoms with Crippen LogP contribution in [0.25, 0.3) is 0 Å². The third-order valence-corrected chi connectivity index (χ3v) is 2.24. The molecule has 0 heterocycles. The number of rotatable bonds is 6. The molecule has 0 aromatic rings. The van der Waals surface area contributed by atoms with Crippen LogP contribution in [0.2, 0.25) is 0 Å². The molecule has 0 rings (SSSR count). The molecule has 0 N–H and O–H groups in total. The fraction of sp³-hybridized carbons (Fsp3) is 0.727. The molecule has 2 nitrogen and oxygen atoms in total. The maximum absolute atomic E-state index is 11.5. The maximum atomic E-state index is 11.5. The lowest BCUT2D eigenvalue weighted by molar-refractivity contribution is -0.139. The fourth-order valence-electron chi connectivity index (χ4n) is 0.846. The van der Waals surface area contributed by atoms with Crippen molar-refractivity contribution < 1.29 is 9.53 Å². The first-order valence-corrected chi connectivity index (χ1v) is 6.16. The van der Waals surface area contributed by atoms with Crippen LogP contribution in [0.5, 0.6) is 0 Å². The van der Waals surface area contributed by atoms with E-state index < -0.39 is 0 Å². The second-order valence-corrected chi connectivity index (χ2v) is 4.20. The Balaban J connectivity index is 4.04. The van der Waals surface area contributed by atoms with Crippen molar-refractivity contribution in [3.63, 3.8) is 0 Å². The second kappa shape index (κ2) is 8.04. The molecule has 0 aliphatic rings. The Bertz CT molecular complexity index is 197. The SMILES string of the molecule is CCCC=C(CBr)C(=O)OCC(C)C. The summed E-state index contributed by atoms with van der Waals surface area (Å²) in [5.41, 5.74) is 0.729. The van der Waals surface area contributed by atoms with Crippen molar-refractivity contribution in [2.45, 2.75) is 33.6 Å². The monoisotopic (exact) mass is 262 g/mol. The summed E-state index contributed by atoms with van der Waals surface area (Å²) < 4.78 is 5.12. The highest BCUT2D eigenvalue weighted by molar-refractivity contribution is 9.09. The molecule has 0 aromatic carbocycles. The number of allylic oxidation sites excluding steroid dienone is 1. The zero-order valence-electron chi connectivity index (χ0n) is 9.18. The number of carbonyl (C=O) groups excluding carboxylic acids is 1. The lowest BCUT2D eigenvalue weighted by Crippen LogP contribution is -2.13. The van der Waals surface area contributed by atoms with Gasteiger partial charge < -0.3 is 4.74 Å². The van der Waals surface area contributed by atoms with Crippen LogP contribution in [0, 0.1) is 5.92 Å². The van der Waals surface area contributed by atoms with Crippen LogP contribution in [0.4, 0.5) is 0 Å². The molecular weight excluding hydrogens is 244 g/mol. The first-order chi connectivity index (χ1) is 6.61. The molecule has 0 amide bonds. The van der Waals surface area contributed by atoms with Crippen LogP contribution >= 0.6 is 15.9 Å². The van der Waals surface area contributed by atoms with Gasteiger partial charge in [-0.05, 0) is 12.3 Å². The van der Waals surface area contributed by atoms with Gasteiger partial charge in [0, 0.05) is 10.9 Å². The van der Waals surface area contributed by atoms with Crippen LogP contribution in [-0.4, -0.2) is 17.9 Å². The summed E-state index contributed by atoms with van der Waals surface area (Å²) in [5.74, 6) is 0.200. The Morgan fingerprint density at radius 3 is 2.57 bits per heavy atom. The molecule has 3 heteroatoms. The van der Waals surface area contributed by atoms with Gasteiger partial charge in [-0.3, -0.25) is 0 Å². The van der Waals surface area contributed by atoms with Gasteiger partial charge in [-0.1, -0.05) is 49.2 Å². The zero-order valence-corrected chi connectivity index (χ0v) is 10.8. The highest BCUT2D eigenvalue weighted by atomic mass is 79.9. The quantitative estimate of drug-likeness (QED) is 0.417. The van der Waals surface area contributed by atoms with E-state index in [1.54, 1.807) is 0 Å². The van der Waals surface area contributed by atoms with E-state index in [1.807, 2.05) is 19.9 Å². The number of alkyl halides is 1. The van der Waals surface area contributed by atoms with Gasteiger partial charge in [-0.15, -0.1) is 0 Å². The Morgan fingerprint density at radius 2 is 2.14 bits per heavy atom. The zero-order chi connectivity index (χ0) is 11.0. The highest BCUT2D eigenvalue weighted by Gasteiger charge is 2.09. The Labute approximate surface area is 94.8 Å². The summed E-state index contributed by atoms with van der Waals surface area (Å²) in [6.45, 7) is 6.63. The topological polar surface area (TPSA) is 26.3 Å². The molecule has 0 fully saturated rings. The van der Waals surface area contributed by atoms with Crippen LogP contribution < -0.4 is 0 Å². The number of hydrogen-bond donors (Lipinski definition) is 0. The van der Waals surface area contributed by atoms with Gasteiger partial charge in [0.2, 0.25) is 0 Å². The van der Waals surface area contributed by atoms with E-state index in [9.17, 15) is 4.79 Å². The van der Waals surface area contributed by atoms with E-state index in [1.165, 1.54) is 0 Å². The molecule has 0 bridgehead atoms. The Kier molecular flexibility index (Phi) is 7.86. The lowest BCUT2D eigenvalue weighted by atomic mass is 10.2. The molecular formula is C11H19BrO2. The van der Waals surface area contributed by atoms with E-state index in [0.717, 1.165) is 18.4 Å². The molecule has 0 aromatic heterocycles. The number of esters is 1. The summed E-state index contributed by atoms with van der Waals surface area (Å²) in [4.78, 5) is 11.5. The molecule has 82 valence electrons. The second-order valence-electron chi connectivity index (χ2n) is 3.64. The molecule has 0 spiro atoms. The van der Waals surface area contributed by atoms with Crippen molar-refractivity contribution in [2.24, 2.45) is 5.92 Å². The average Bonchev–Trinajstić information content (AvgIpc) is 2.16. The molecule has 0 saturated heterocycles. The van der Waals surface area contributed by atoms with Gasteiger partial charge in [0.15, 0.2) is 0 Å². The van der Waals surface area contributed by atoms with Crippen molar-refractivity contribution in [2.75, 3.05) is 11.9 Å². The molecule has 0 radical (unpaired) electrons. The minimum atomic E-state index is -0.191. The molecule has 0 aliphatic carbocycles. The van der Waals surface area contributed by atoms with Crippen molar-refractivity contribution in [3.05, 3.63) is 11.6 Å². The van der Waals surface area contributed by atoms with Gasteiger partial charge in [0.1, 0.15) is 0 Å². The summed E-state index contributed by atoms with van der Waals surface area (Å²) >= 11 is 3.28. The van der Waals surface area contributed by atoms with Gasteiger partial charge in [0.05, 0.1) is 6.61 Å².